The summed E-state index contributed by atoms with van der Waals surface area (Å²) in [5.74, 6) is -0.347. The summed E-state index contributed by atoms with van der Waals surface area (Å²) >= 11 is 5.76. The zero-order valence-electron chi connectivity index (χ0n) is 9.34. The molecule has 0 bridgehead atoms. The summed E-state index contributed by atoms with van der Waals surface area (Å²) < 4.78 is 13.0. The van der Waals surface area contributed by atoms with Gasteiger partial charge in [0.05, 0.1) is 5.02 Å². The molecule has 16 heavy (non-hydrogen) atoms. The number of piperazine rings is 1. The summed E-state index contributed by atoms with van der Waals surface area (Å²) in [6, 6.07) is 5.44. The molecule has 1 N–H and O–H groups in total. The molecular weight excluding hydrogens is 227 g/mol. The van der Waals surface area contributed by atoms with E-state index in [9.17, 15) is 4.39 Å². The Morgan fingerprint density at radius 1 is 1.56 bits per heavy atom. The molecule has 0 spiro atoms. The van der Waals surface area contributed by atoms with Gasteiger partial charge in [-0.15, -0.1) is 0 Å². The van der Waals surface area contributed by atoms with Crippen molar-refractivity contribution in [2.75, 3.05) is 26.7 Å². The summed E-state index contributed by atoms with van der Waals surface area (Å²) in [6.45, 7) is 3.07. The van der Waals surface area contributed by atoms with Gasteiger partial charge in [-0.3, -0.25) is 0 Å². The number of hydrogen-bond donors (Lipinski definition) is 1. The van der Waals surface area contributed by atoms with E-state index in [1.807, 2.05) is 6.07 Å². The molecule has 0 radical (unpaired) electrons. The van der Waals surface area contributed by atoms with Crippen LogP contribution in [0.1, 0.15) is 5.56 Å². The fraction of sp³-hybridized carbons (Fsp3) is 0.500. The predicted octanol–water partition coefficient (Wildman–Crippen LogP) is 1.93. The van der Waals surface area contributed by atoms with Crippen molar-refractivity contribution in [1.82, 2.24) is 10.2 Å². The van der Waals surface area contributed by atoms with Gasteiger partial charge >= 0.3 is 0 Å². The maximum Gasteiger partial charge on any atom is 0.141 e. The Balaban J connectivity index is 2.05. The standard InChI is InChI=1S/C12H16ClFN2/c1-16-5-4-15-8-10(16)6-9-2-3-12(14)11(13)7-9/h2-3,7,10,15H,4-6,8H2,1H3. The fourth-order valence-electron chi connectivity index (χ4n) is 2.03. The lowest BCUT2D eigenvalue weighted by atomic mass is 10.0. The second-order valence-corrected chi connectivity index (χ2v) is 4.70. The lowest BCUT2D eigenvalue weighted by molar-refractivity contribution is 0.199. The molecule has 1 heterocycles. The number of nitrogens with one attached hydrogen (secondary N) is 1. The van der Waals surface area contributed by atoms with Crippen LogP contribution in [0, 0.1) is 5.82 Å². The lowest BCUT2D eigenvalue weighted by Gasteiger charge is -2.33. The highest BCUT2D eigenvalue weighted by atomic mass is 35.5. The van der Waals surface area contributed by atoms with Crippen LogP contribution >= 0.6 is 11.6 Å². The Bertz CT molecular complexity index is 370. The first-order valence-corrected chi connectivity index (χ1v) is 5.89. The summed E-state index contributed by atoms with van der Waals surface area (Å²) in [5.41, 5.74) is 1.09. The average molecular weight is 243 g/mol. The molecule has 1 unspecified atom stereocenters. The van der Waals surface area contributed by atoms with Gasteiger partial charge in [-0.2, -0.15) is 0 Å². The molecule has 1 aromatic carbocycles. The molecule has 1 fully saturated rings. The van der Waals surface area contributed by atoms with Gasteiger partial charge in [0.1, 0.15) is 5.82 Å². The van der Waals surface area contributed by atoms with Crippen molar-refractivity contribution < 1.29 is 4.39 Å². The third-order valence-electron chi connectivity index (χ3n) is 3.10. The van der Waals surface area contributed by atoms with E-state index >= 15 is 0 Å². The molecular formula is C12H16ClFN2. The van der Waals surface area contributed by atoms with E-state index < -0.39 is 0 Å². The van der Waals surface area contributed by atoms with Crippen molar-refractivity contribution in [3.63, 3.8) is 0 Å². The minimum Gasteiger partial charge on any atom is -0.314 e. The topological polar surface area (TPSA) is 15.3 Å². The lowest BCUT2D eigenvalue weighted by Crippen LogP contribution is -2.50. The van der Waals surface area contributed by atoms with Crippen LogP contribution in [0.2, 0.25) is 5.02 Å². The highest BCUT2D eigenvalue weighted by Gasteiger charge is 2.18. The van der Waals surface area contributed by atoms with Gasteiger partial charge in [0.2, 0.25) is 0 Å². The molecule has 1 aliphatic heterocycles. The first kappa shape index (κ1) is 11.8. The van der Waals surface area contributed by atoms with E-state index in [0.29, 0.717) is 6.04 Å². The van der Waals surface area contributed by atoms with Crippen LogP contribution in [0.15, 0.2) is 18.2 Å². The Kier molecular flexibility index (Phi) is 3.79. The number of benzene rings is 1. The molecule has 1 aliphatic rings. The largest absolute Gasteiger partial charge is 0.314 e. The normalized spacial score (nSPS) is 22.3. The minimum atomic E-state index is -0.347. The van der Waals surface area contributed by atoms with Crippen LogP contribution < -0.4 is 5.32 Å². The Morgan fingerprint density at radius 2 is 2.38 bits per heavy atom. The highest BCUT2D eigenvalue weighted by Crippen LogP contribution is 2.18. The molecule has 4 heteroatoms. The van der Waals surface area contributed by atoms with E-state index in [4.69, 9.17) is 11.6 Å². The van der Waals surface area contributed by atoms with Gasteiger partial charge in [0.15, 0.2) is 0 Å². The third kappa shape index (κ3) is 2.73. The number of nitrogens with zero attached hydrogens (tertiary/aromatic N) is 1. The van der Waals surface area contributed by atoms with Crippen molar-refractivity contribution >= 4 is 11.6 Å². The van der Waals surface area contributed by atoms with E-state index in [-0.39, 0.29) is 10.8 Å². The van der Waals surface area contributed by atoms with Crippen molar-refractivity contribution in [3.05, 3.63) is 34.6 Å². The minimum absolute atomic E-state index is 0.212. The van der Waals surface area contributed by atoms with Gasteiger partial charge in [-0.25, -0.2) is 4.39 Å². The van der Waals surface area contributed by atoms with Crippen molar-refractivity contribution in [2.24, 2.45) is 0 Å². The first-order valence-electron chi connectivity index (χ1n) is 5.51. The quantitative estimate of drug-likeness (QED) is 0.853. The highest BCUT2D eigenvalue weighted by molar-refractivity contribution is 6.30. The second kappa shape index (κ2) is 5.13. The maximum absolute atomic E-state index is 13.0. The molecule has 0 aromatic heterocycles. The van der Waals surface area contributed by atoms with Gasteiger partial charge in [0.25, 0.3) is 0 Å². The van der Waals surface area contributed by atoms with E-state index in [1.54, 1.807) is 6.07 Å². The summed E-state index contributed by atoms with van der Waals surface area (Å²) in [6.07, 6.45) is 0.906. The molecule has 2 nitrogen and oxygen atoms in total. The zero-order chi connectivity index (χ0) is 11.5. The maximum atomic E-state index is 13.0. The van der Waals surface area contributed by atoms with Crippen molar-refractivity contribution in [1.29, 1.82) is 0 Å². The second-order valence-electron chi connectivity index (χ2n) is 4.29. The summed E-state index contributed by atoms with van der Waals surface area (Å²) in [4.78, 5) is 2.33. The monoisotopic (exact) mass is 242 g/mol. The molecule has 2 rings (SSSR count). The third-order valence-corrected chi connectivity index (χ3v) is 3.39. The van der Waals surface area contributed by atoms with Gasteiger partial charge in [-0.05, 0) is 31.2 Å². The van der Waals surface area contributed by atoms with Crippen LogP contribution in [0.3, 0.4) is 0 Å². The SMILES string of the molecule is CN1CCNCC1Cc1ccc(F)c(Cl)c1. The molecule has 88 valence electrons. The first-order chi connectivity index (χ1) is 7.66. The summed E-state index contributed by atoms with van der Waals surface area (Å²) in [7, 11) is 2.12. The number of halogens is 2. The van der Waals surface area contributed by atoms with Crippen LogP contribution in [-0.2, 0) is 6.42 Å². The Labute approximate surface area is 100 Å². The molecule has 0 amide bonds. The van der Waals surface area contributed by atoms with E-state index in [1.165, 1.54) is 6.07 Å². The van der Waals surface area contributed by atoms with Gasteiger partial charge in [-0.1, -0.05) is 17.7 Å². The Hall–Kier alpha value is -0.640. The van der Waals surface area contributed by atoms with Crippen LogP contribution in [0.4, 0.5) is 4.39 Å². The molecule has 1 aromatic rings. The Morgan fingerprint density at radius 3 is 3.06 bits per heavy atom. The van der Waals surface area contributed by atoms with E-state index in [2.05, 4.69) is 17.3 Å². The van der Waals surface area contributed by atoms with Crippen molar-refractivity contribution in [2.45, 2.75) is 12.5 Å². The number of likely N-dealkylation sites (N-methyl/N-ethyl adjacent to an activating group) is 1. The average Bonchev–Trinajstić information content (AvgIpc) is 2.27. The number of hydrogen-bond acceptors (Lipinski definition) is 2. The van der Waals surface area contributed by atoms with Crippen molar-refractivity contribution in [3.8, 4) is 0 Å². The molecule has 0 saturated carbocycles. The summed E-state index contributed by atoms with van der Waals surface area (Å²) in [5, 5.41) is 3.57. The fourth-order valence-corrected chi connectivity index (χ4v) is 2.23. The van der Waals surface area contributed by atoms with Gasteiger partial charge < -0.3 is 10.2 Å². The van der Waals surface area contributed by atoms with E-state index in [0.717, 1.165) is 31.6 Å². The van der Waals surface area contributed by atoms with Gasteiger partial charge in [0, 0.05) is 25.7 Å². The van der Waals surface area contributed by atoms with Crippen LogP contribution in [0.5, 0.6) is 0 Å². The smallest absolute Gasteiger partial charge is 0.141 e. The number of rotatable bonds is 2. The van der Waals surface area contributed by atoms with Crippen LogP contribution in [0.25, 0.3) is 0 Å². The molecule has 1 atom stereocenters. The molecule has 1 saturated heterocycles. The predicted molar refractivity (Wildman–Crippen MR) is 64.4 cm³/mol. The zero-order valence-corrected chi connectivity index (χ0v) is 10.1. The molecule has 0 aliphatic carbocycles. The van der Waals surface area contributed by atoms with Crippen LogP contribution in [-0.4, -0.2) is 37.6 Å².